The highest BCUT2D eigenvalue weighted by Gasteiger charge is 2.53. The fraction of sp³-hybridized carbons (Fsp3) is 0.478. The molecule has 7 rings (SSSR count). The second-order valence-electron chi connectivity index (χ2n) is 9.27. The summed E-state index contributed by atoms with van der Waals surface area (Å²) >= 11 is 0. The molecular weight excluding hydrogens is 346 g/mol. The first-order valence-corrected chi connectivity index (χ1v) is 10.5. The third-order valence-corrected chi connectivity index (χ3v) is 7.28. The van der Waals surface area contributed by atoms with Crippen LogP contribution in [0.4, 0.5) is 0 Å². The minimum atomic E-state index is 0.198. The number of hydrogen-bond acceptors (Lipinski definition) is 4. The molecule has 4 aliphatic carbocycles. The first-order valence-electron chi connectivity index (χ1n) is 10.5. The summed E-state index contributed by atoms with van der Waals surface area (Å²) in [4.78, 5) is 18.7. The Kier molecular flexibility index (Phi) is 3.49. The third-order valence-electron chi connectivity index (χ3n) is 7.28. The van der Waals surface area contributed by atoms with Crippen molar-refractivity contribution in [3.8, 4) is 22.8 Å². The van der Waals surface area contributed by atoms with Crippen LogP contribution in [-0.2, 0) is 12.5 Å². The molecule has 1 aromatic carbocycles. The van der Waals surface area contributed by atoms with Crippen LogP contribution in [0, 0.1) is 17.8 Å². The largest absolute Gasteiger partial charge is 0.334 e. The Morgan fingerprint density at radius 2 is 1.64 bits per heavy atom. The van der Waals surface area contributed by atoms with Crippen molar-refractivity contribution in [2.75, 3.05) is 0 Å². The van der Waals surface area contributed by atoms with E-state index in [1.807, 2.05) is 24.0 Å². The fourth-order valence-electron chi connectivity index (χ4n) is 6.52. The quantitative estimate of drug-likeness (QED) is 0.684. The minimum absolute atomic E-state index is 0.198. The van der Waals surface area contributed by atoms with Crippen molar-refractivity contribution in [3.05, 3.63) is 48.8 Å². The maximum absolute atomic E-state index is 5.03. The Labute approximate surface area is 165 Å². The SMILES string of the molecule is Cn1ccnc1-c1cccc(-c2ncnc(C34CC5CC(CC(C5)C3)C4)n2)c1. The van der Waals surface area contributed by atoms with E-state index in [2.05, 4.69) is 34.2 Å². The monoisotopic (exact) mass is 371 g/mol. The summed E-state index contributed by atoms with van der Waals surface area (Å²) < 4.78 is 2.04. The number of hydrogen-bond donors (Lipinski definition) is 0. The summed E-state index contributed by atoms with van der Waals surface area (Å²) in [5.41, 5.74) is 2.32. The van der Waals surface area contributed by atoms with Crippen LogP contribution in [0.15, 0.2) is 43.0 Å². The molecule has 0 aliphatic heterocycles. The number of nitrogens with zero attached hydrogens (tertiary/aromatic N) is 5. The molecule has 4 aliphatic rings. The molecule has 0 atom stereocenters. The maximum Gasteiger partial charge on any atom is 0.163 e. The van der Waals surface area contributed by atoms with Gasteiger partial charge in [0.15, 0.2) is 5.82 Å². The molecule has 0 amide bonds. The molecule has 4 bridgehead atoms. The second kappa shape index (κ2) is 5.97. The zero-order valence-electron chi connectivity index (χ0n) is 16.3. The van der Waals surface area contributed by atoms with Gasteiger partial charge in [0.1, 0.15) is 18.0 Å². The molecule has 0 radical (unpaired) electrons. The van der Waals surface area contributed by atoms with E-state index < -0.39 is 0 Å². The second-order valence-corrected chi connectivity index (χ2v) is 9.27. The molecule has 28 heavy (non-hydrogen) atoms. The Bertz CT molecular complexity index is 1000. The Morgan fingerprint density at radius 1 is 0.929 bits per heavy atom. The molecule has 0 saturated heterocycles. The van der Waals surface area contributed by atoms with Gasteiger partial charge in [-0.2, -0.15) is 0 Å². The van der Waals surface area contributed by atoms with E-state index in [1.165, 1.54) is 38.5 Å². The topological polar surface area (TPSA) is 56.5 Å². The molecule has 0 unspecified atom stereocenters. The Morgan fingerprint density at radius 3 is 2.32 bits per heavy atom. The number of aryl methyl sites for hydroxylation is 1. The highest BCUT2D eigenvalue weighted by atomic mass is 15.0. The number of aromatic nitrogens is 5. The van der Waals surface area contributed by atoms with Crippen molar-refractivity contribution in [3.63, 3.8) is 0 Å². The van der Waals surface area contributed by atoms with Gasteiger partial charge in [0.25, 0.3) is 0 Å². The average Bonchev–Trinajstić information content (AvgIpc) is 3.13. The smallest absolute Gasteiger partial charge is 0.163 e. The van der Waals surface area contributed by atoms with Gasteiger partial charge < -0.3 is 4.57 Å². The van der Waals surface area contributed by atoms with Crippen LogP contribution in [0.1, 0.15) is 44.3 Å². The zero-order valence-corrected chi connectivity index (χ0v) is 16.3. The van der Waals surface area contributed by atoms with E-state index in [1.54, 1.807) is 6.33 Å². The molecule has 3 aromatic rings. The predicted molar refractivity (Wildman–Crippen MR) is 107 cm³/mol. The maximum atomic E-state index is 5.03. The number of benzene rings is 1. The normalized spacial score (nSPS) is 30.7. The summed E-state index contributed by atoms with van der Waals surface area (Å²) in [5.74, 6) is 5.45. The van der Waals surface area contributed by atoms with E-state index in [0.717, 1.165) is 46.4 Å². The standard InChI is InChI=1S/C23H25N5/c1-28-6-5-24-21(28)19-4-2-3-18(10-19)20-25-14-26-22(27-20)23-11-15-7-16(12-23)9-17(8-15)13-23/h2-6,10,14-17H,7-9,11-13H2,1H3. The van der Waals surface area contributed by atoms with Crippen LogP contribution in [0.2, 0.25) is 0 Å². The highest BCUT2D eigenvalue weighted by molar-refractivity contribution is 5.66. The van der Waals surface area contributed by atoms with Gasteiger partial charge in [-0.25, -0.2) is 19.9 Å². The summed E-state index contributed by atoms with van der Waals surface area (Å²) in [5, 5.41) is 0. The van der Waals surface area contributed by atoms with Crippen molar-refractivity contribution < 1.29 is 0 Å². The molecule has 4 saturated carbocycles. The lowest BCUT2D eigenvalue weighted by atomic mass is 9.49. The zero-order chi connectivity index (χ0) is 18.7. The van der Waals surface area contributed by atoms with Gasteiger partial charge in [-0.05, 0) is 62.3 Å². The molecule has 2 aromatic heterocycles. The van der Waals surface area contributed by atoms with Crippen molar-refractivity contribution in [2.45, 2.75) is 43.9 Å². The Balaban J connectivity index is 1.38. The van der Waals surface area contributed by atoms with Crippen molar-refractivity contribution in [2.24, 2.45) is 24.8 Å². The first-order chi connectivity index (χ1) is 13.7. The molecule has 142 valence electrons. The molecule has 0 N–H and O–H groups in total. The van der Waals surface area contributed by atoms with Crippen LogP contribution < -0.4 is 0 Å². The Hall–Kier alpha value is -2.56. The van der Waals surface area contributed by atoms with Gasteiger partial charge in [-0.3, -0.25) is 0 Å². The summed E-state index contributed by atoms with van der Waals surface area (Å²) in [6.45, 7) is 0. The van der Waals surface area contributed by atoms with E-state index in [9.17, 15) is 0 Å². The van der Waals surface area contributed by atoms with Crippen LogP contribution in [0.25, 0.3) is 22.8 Å². The highest BCUT2D eigenvalue weighted by Crippen LogP contribution is 2.60. The number of imidazole rings is 1. The van der Waals surface area contributed by atoms with Crippen LogP contribution >= 0.6 is 0 Å². The molecule has 0 spiro atoms. The van der Waals surface area contributed by atoms with Crippen LogP contribution in [0.5, 0.6) is 0 Å². The van der Waals surface area contributed by atoms with Gasteiger partial charge in [0.2, 0.25) is 0 Å². The fourth-order valence-corrected chi connectivity index (χ4v) is 6.52. The molecule has 5 nitrogen and oxygen atoms in total. The summed E-state index contributed by atoms with van der Waals surface area (Å²) in [6, 6.07) is 8.38. The van der Waals surface area contributed by atoms with Crippen LogP contribution in [0.3, 0.4) is 0 Å². The van der Waals surface area contributed by atoms with Gasteiger partial charge in [0.05, 0.1) is 0 Å². The van der Waals surface area contributed by atoms with E-state index in [-0.39, 0.29) is 5.41 Å². The van der Waals surface area contributed by atoms with Gasteiger partial charge >= 0.3 is 0 Å². The van der Waals surface area contributed by atoms with E-state index in [4.69, 9.17) is 9.97 Å². The molecule has 2 heterocycles. The predicted octanol–water partition coefficient (Wildman–Crippen LogP) is 4.41. The lowest BCUT2D eigenvalue weighted by Crippen LogP contribution is -2.49. The van der Waals surface area contributed by atoms with Crippen molar-refractivity contribution >= 4 is 0 Å². The number of rotatable bonds is 3. The third kappa shape index (κ3) is 2.52. The van der Waals surface area contributed by atoms with Gasteiger partial charge in [0, 0.05) is 36.0 Å². The summed E-state index contributed by atoms with van der Waals surface area (Å²) in [7, 11) is 2.02. The van der Waals surface area contributed by atoms with E-state index in [0.29, 0.717) is 0 Å². The first kappa shape index (κ1) is 16.4. The molecular formula is C23H25N5. The molecule has 5 heteroatoms. The van der Waals surface area contributed by atoms with Gasteiger partial charge in [-0.1, -0.05) is 18.2 Å². The lowest BCUT2D eigenvalue weighted by molar-refractivity contribution is -0.00944. The van der Waals surface area contributed by atoms with E-state index >= 15 is 0 Å². The lowest BCUT2D eigenvalue weighted by Gasteiger charge is -2.55. The van der Waals surface area contributed by atoms with Crippen molar-refractivity contribution in [1.82, 2.24) is 24.5 Å². The average molecular weight is 371 g/mol. The van der Waals surface area contributed by atoms with Crippen LogP contribution in [-0.4, -0.2) is 24.5 Å². The minimum Gasteiger partial charge on any atom is -0.334 e. The summed E-state index contributed by atoms with van der Waals surface area (Å²) in [6.07, 6.45) is 13.6. The molecule has 4 fully saturated rings. The van der Waals surface area contributed by atoms with Gasteiger partial charge in [-0.15, -0.1) is 0 Å². The van der Waals surface area contributed by atoms with Crippen molar-refractivity contribution in [1.29, 1.82) is 0 Å².